The largest absolute Gasteiger partial charge is 0.491 e. The van der Waals surface area contributed by atoms with E-state index < -0.39 is 0 Å². The molecule has 2 rings (SSSR count). The lowest BCUT2D eigenvalue weighted by molar-refractivity contribution is -0.123. The molecule has 0 saturated heterocycles. The van der Waals surface area contributed by atoms with E-state index in [0.29, 0.717) is 17.3 Å². The van der Waals surface area contributed by atoms with E-state index in [9.17, 15) is 4.79 Å². The summed E-state index contributed by atoms with van der Waals surface area (Å²) in [5, 5.41) is 3.45. The lowest BCUT2D eigenvalue weighted by atomic mass is 10.2. The van der Waals surface area contributed by atoms with Crippen LogP contribution in [-0.2, 0) is 11.3 Å². The van der Waals surface area contributed by atoms with Crippen molar-refractivity contribution in [3.63, 3.8) is 0 Å². The van der Waals surface area contributed by atoms with Gasteiger partial charge in [0.1, 0.15) is 11.5 Å². The lowest BCUT2D eigenvalue weighted by Crippen LogP contribution is -2.28. The smallest absolute Gasteiger partial charge is 0.258 e. The fourth-order valence-corrected chi connectivity index (χ4v) is 2.06. The standard InChI is InChI=1S/C18H20ClNO3/c1-13(2)23-17-5-3-4-14(10-17)11-20-18(21)12-22-16-8-6-15(19)7-9-16/h3-10,13H,11-12H2,1-2H3,(H,20,21). The molecule has 0 aliphatic heterocycles. The molecular formula is C18H20ClNO3. The summed E-state index contributed by atoms with van der Waals surface area (Å²) in [7, 11) is 0. The molecule has 1 amide bonds. The van der Waals surface area contributed by atoms with Gasteiger partial charge in [0.2, 0.25) is 0 Å². The van der Waals surface area contributed by atoms with Crippen LogP contribution >= 0.6 is 11.6 Å². The average molecular weight is 334 g/mol. The molecule has 0 atom stereocenters. The molecule has 0 saturated carbocycles. The van der Waals surface area contributed by atoms with Crippen molar-refractivity contribution in [2.75, 3.05) is 6.61 Å². The normalized spacial score (nSPS) is 10.4. The van der Waals surface area contributed by atoms with Crippen molar-refractivity contribution in [1.82, 2.24) is 5.32 Å². The van der Waals surface area contributed by atoms with Gasteiger partial charge in [-0.2, -0.15) is 0 Å². The van der Waals surface area contributed by atoms with Crippen molar-refractivity contribution in [2.45, 2.75) is 26.5 Å². The third-order valence-corrected chi connectivity index (χ3v) is 3.20. The highest BCUT2D eigenvalue weighted by atomic mass is 35.5. The van der Waals surface area contributed by atoms with Gasteiger partial charge < -0.3 is 14.8 Å². The first-order valence-corrected chi connectivity index (χ1v) is 7.81. The van der Waals surface area contributed by atoms with Crippen molar-refractivity contribution < 1.29 is 14.3 Å². The number of halogens is 1. The zero-order chi connectivity index (χ0) is 16.7. The molecule has 2 aromatic carbocycles. The van der Waals surface area contributed by atoms with Gasteiger partial charge in [0.05, 0.1) is 6.10 Å². The Morgan fingerprint density at radius 3 is 2.57 bits per heavy atom. The number of hydrogen-bond acceptors (Lipinski definition) is 3. The number of rotatable bonds is 7. The Morgan fingerprint density at radius 2 is 1.87 bits per heavy atom. The van der Waals surface area contributed by atoms with Gasteiger partial charge in [0, 0.05) is 11.6 Å². The Hall–Kier alpha value is -2.20. The Labute approximate surface area is 141 Å². The predicted octanol–water partition coefficient (Wildman–Crippen LogP) is 3.82. The van der Waals surface area contributed by atoms with Gasteiger partial charge in [-0.05, 0) is 55.8 Å². The summed E-state index contributed by atoms with van der Waals surface area (Å²) < 4.78 is 11.0. The number of amides is 1. The Balaban J connectivity index is 1.78. The Morgan fingerprint density at radius 1 is 1.13 bits per heavy atom. The van der Waals surface area contributed by atoms with Crippen LogP contribution in [0.3, 0.4) is 0 Å². The second-order valence-electron chi connectivity index (χ2n) is 5.33. The molecule has 23 heavy (non-hydrogen) atoms. The molecule has 1 N–H and O–H groups in total. The van der Waals surface area contributed by atoms with Crippen LogP contribution in [0.25, 0.3) is 0 Å². The number of nitrogens with one attached hydrogen (secondary N) is 1. The van der Waals surface area contributed by atoms with Crippen LogP contribution in [0, 0.1) is 0 Å². The van der Waals surface area contributed by atoms with Crippen LogP contribution in [0.1, 0.15) is 19.4 Å². The van der Waals surface area contributed by atoms with E-state index >= 15 is 0 Å². The third-order valence-electron chi connectivity index (χ3n) is 2.94. The highest BCUT2D eigenvalue weighted by Crippen LogP contribution is 2.16. The molecule has 122 valence electrons. The molecule has 0 aromatic heterocycles. The fourth-order valence-electron chi connectivity index (χ4n) is 1.93. The summed E-state index contributed by atoms with van der Waals surface area (Å²) >= 11 is 5.79. The molecule has 0 spiro atoms. The maximum Gasteiger partial charge on any atom is 0.258 e. The van der Waals surface area contributed by atoms with Gasteiger partial charge in [-0.15, -0.1) is 0 Å². The zero-order valence-corrected chi connectivity index (χ0v) is 14.0. The van der Waals surface area contributed by atoms with Gasteiger partial charge >= 0.3 is 0 Å². The minimum Gasteiger partial charge on any atom is -0.491 e. The SMILES string of the molecule is CC(C)Oc1cccc(CNC(=O)COc2ccc(Cl)cc2)c1. The van der Waals surface area contributed by atoms with Gasteiger partial charge in [-0.1, -0.05) is 23.7 Å². The van der Waals surface area contributed by atoms with Crippen LogP contribution < -0.4 is 14.8 Å². The topological polar surface area (TPSA) is 47.6 Å². The van der Waals surface area contributed by atoms with Crippen molar-refractivity contribution in [1.29, 1.82) is 0 Å². The molecule has 0 aliphatic carbocycles. The zero-order valence-electron chi connectivity index (χ0n) is 13.2. The van der Waals surface area contributed by atoms with E-state index in [4.69, 9.17) is 21.1 Å². The number of benzene rings is 2. The Bertz CT molecular complexity index is 641. The molecule has 4 nitrogen and oxygen atoms in total. The number of hydrogen-bond donors (Lipinski definition) is 1. The van der Waals surface area contributed by atoms with Gasteiger partial charge in [-0.25, -0.2) is 0 Å². The van der Waals surface area contributed by atoms with Crippen molar-refractivity contribution >= 4 is 17.5 Å². The molecular weight excluding hydrogens is 314 g/mol. The third kappa shape index (κ3) is 6.20. The summed E-state index contributed by atoms with van der Waals surface area (Å²) in [5.41, 5.74) is 0.975. The second-order valence-corrected chi connectivity index (χ2v) is 5.77. The first kappa shape index (κ1) is 17.2. The Kier molecular flexibility index (Phi) is 6.29. The van der Waals surface area contributed by atoms with Crippen LogP contribution in [0.4, 0.5) is 0 Å². The van der Waals surface area contributed by atoms with Crippen molar-refractivity contribution in [3.05, 3.63) is 59.1 Å². The van der Waals surface area contributed by atoms with E-state index in [1.165, 1.54) is 0 Å². The highest BCUT2D eigenvalue weighted by Gasteiger charge is 2.04. The number of carbonyl (C=O) groups is 1. The van der Waals surface area contributed by atoms with E-state index in [1.807, 2.05) is 38.1 Å². The number of ether oxygens (including phenoxy) is 2. The van der Waals surface area contributed by atoms with Crippen molar-refractivity contribution in [3.8, 4) is 11.5 Å². The predicted molar refractivity (Wildman–Crippen MR) is 91.0 cm³/mol. The van der Waals surface area contributed by atoms with Crippen molar-refractivity contribution in [2.24, 2.45) is 0 Å². The molecule has 0 unspecified atom stereocenters. The summed E-state index contributed by atoms with van der Waals surface area (Å²) in [6.45, 7) is 4.34. The van der Waals surface area contributed by atoms with E-state index in [0.717, 1.165) is 11.3 Å². The van der Waals surface area contributed by atoms with Gasteiger partial charge in [-0.3, -0.25) is 4.79 Å². The minimum atomic E-state index is -0.185. The first-order valence-electron chi connectivity index (χ1n) is 7.43. The molecule has 2 aromatic rings. The van der Waals surface area contributed by atoms with Gasteiger partial charge in [0.25, 0.3) is 5.91 Å². The highest BCUT2D eigenvalue weighted by molar-refractivity contribution is 6.30. The van der Waals surface area contributed by atoms with E-state index in [-0.39, 0.29) is 18.6 Å². The maximum atomic E-state index is 11.8. The monoisotopic (exact) mass is 333 g/mol. The average Bonchev–Trinajstić information content (AvgIpc) is 2.52. The summed E-state index contributed by atoms with van der Waals surface area (Å²) in [5.74, 6) is 1.22. The van der Waals surface area contributed by atoms with E-state index in [1.54, 1.807) is 24.3 Å². The van der Waals surface area contributed by atoms with Crippen LogP contribution in [-0.4, -0.2) is 18.6 Å². The molecule has 0 radical (unpaired) electrons. The van der Waals surface area contributed by atoms with E-state index in [2.05, 4.69) is 5.32 Å². The molecule has 0 aliphatic rings. The molecule has 5 heteroatoms. The summed E-state index contributed by atoms with van der Waals surface area (Å²) in [6.07, 6.45) is 0.118. The minimum absolute atomic E-state index is 0.0379. The second kappa shape index (κ2) is 8.44. The summed E-state index contributed by atoms with van der Waals surface area (Å²) in [6, 6.07) is 14.5. The molecule has 0 fully saturated rings. The summed E-state index contributed by atoms with van der Waals surface area (Å²) in [4.78, 5) is 11.8. The fraction of sp³-hybridized carbons (Fsp3) is 0.278. The quantitative estimate of drug-likeness (QED) is 0.837. The maximum absolute atomic E-state index is 11.8. The van der Waals surface area contributed by atoms with Crippen LogP contribution in [0.2, 0.25) is 5.02 Å². The van der Waals surface area contributed by atoms with Crippen LogP contribution in [0.15, 0.2) is 48.5 Å². The first-order chi connectivity index (χ1) is 11.0. The van der Waals surface area contributed by atoms with Crippen LogP contribution in [0.5, 0.6) is 11.5 Å². The lowest BCUT2D eigenvalue weighted by Gasteiger charge is -2.11. The molecule has 0 bridgehead atoms. The number of carbonyl (C=O) groups excluding carboxylic acids is 1. The molecule has 0 heterocycles. The van der Waals surface area contributed by atoms with Gasteiger partial charge in [0.15, 0.2) is 6.61 Å².